The smallest absolute Gasteiger partial charge is 0.142 e. The van der Waals surface area contributed by atoms with Gasteiger partial charge in [-0.2, -0.15) is 0 Å². The summed E-state index contributed by atoms with van der Waals surface area (Å²) in [5.74, 6) is 1.04. The van der Waals surface area contributed by atoms with Crippen molar-refractivity contribution in [3.8, 4) is 5.75 Å². The molecule has 104 valence electrons. The Kier molecular flexibility index (Phi) is 3.20. The summed E-state index contributed by atoms with van der Waals surface area (Å²) in [4.78, 5) is 0. The number of hydrogen-bond donors (Lipinski definition) is 1. The van der Waals surface area contributed by atoms with E-state index >= 15 is 0 Å². The van der Waals surface area contributed by atoms with Gasteiger partial charge in [0.25, 0.3) is 0 Å². The molecule has 2 heteroatoms. The van der Waals surface area contributed by atoms with Crippen LogP contribution in [0.1, 0.15) is 58.4 Å². The zero-order chi connectivity index (χ0) is 13.5. The fraction of sp³-hybridized carbons (Fsp3) is 0.647. The second kappa shape index (κ2) is 4.73. The standard InChI is InChI=1S/C17H25NO/c1-17(2,3)12-9-10-16-14(11-12)18-13-7-5-4-6-8-15(13)19-16/h9-11,13,15,18H,4-8H2,1-3H3. The molecule has 0 radical (unpaired) electrons. The van der Waals surface area contributed by atoms with Gasteiger partial charge < -0.3 is 10.1 Å². The van der Waals surface area contributed by atoms with Gasteiger partial charge in [0, 0.05) is 0 Å². The molecule has 1 aromatic rings. The Balaban J connectivity index is 1.89. The molecule has 0 bridgehead atoms. The molecule has 1 fully saturated rings. The van der Waals surface area contributed by atoms with Crippen LogP contribution in [0.5, 0.6) is 5.75 Å². The van der Waals surface area contributed by atoms with E-state index in [0.29, 0.717) is 12.1 Å². The lowest BCUT2D eigenvalue weighted by molar-refractivity contribution is 0.160. The van der Waals surface area contributed by atoms with E-state index in [9.17, 15) is 0 Å². The molecule has 1 aliphatic carbocycles. The fourth-order valence-corrected chi connectivity index (χ4v) is 3.15. The second-order valence-corrected chi connectivity index (χ2v) is 7.01. The van der Waals surface area contributed by atoms with Crippen LogP contribution in [0.2, 0.25) is 0 Å². The zero-order valence-corrected chi connectivity index (χ0v) is 12.3. The van der Waals surface area contributed by atoms with Crippen LogP contribution in [0.25, 0.3) is 0 Å². The lowest BCUT2D eigenvalue weighted by Gasteiger charge is -2.35. The van der Waals surface area contributed by atoms with Crippen LogP contribution in [0.15, 0.2) is 18.2 Å². The molecule has 19 heavy (non-hydrogen) atoms. The van der Waals surface area contributed by atoms with E-state index in [1.807, 2.05) is 0 Å². The van der Waals surface area contributed by atoms with Crippen LogP contribution in [-0.2, 0) is 5.41 Å². The largest absolute Gasteiger partial charge is 0.486 e. The highest BCUT2D eigenvalue weighted by Crippen LogP contribution is 2.38. The van der Waals surface area contributed by atoms with E-state index in [0.717, 1.165) is 5.75 Å². The van der Waals surface area contributed by atoms with Gasteiger partial charge in [0.05, 0.1) is 11.7 Å². The molecular weight excluding hydrogens is 234 g/mol. The maximum Gasteiger partial charge on any atom is 0.142 e. The first-order chi connectivity index (χ1) is 9.04. The number of benzene rings is 1. The minimum atomic E-state index is 0.191. The van der Waals surface area contributed by atoms with Crippen molar-refractivity contribution < 1.29 is 4.74 Å². The first kappa shape index (κ1) is 12.8. The van der Waals surface area contributed by atoms with E-state index in [-0.39, 0.29) is 5.41 Å². The average Bonchev–Trinajstić information content (AvgIpc) is 2.58. The molecule has 2 unspecified atom stereocenters. The lowest BCUT2D eigenvalue weighted by atomic mass is 9.86. The Labute approximate surface area is 116 Å². The average molecular weight is 259 g/mol. The predicted molar refractivity (Wildman–Crippen MR) is 80.1 cm³/mol. The van der Waals surface area contributed by atoms with Gasteiger partial charge in [-0.15, -0.1) is 0 Å². The minimum absolute atomic E-state index is 0.191. The zero-order valence-electron chi connectivity index (χ0n) is 12.3. The van der Waals surface area contributed by atoms with Crippen molar-refractivity contribution in [2.45, 2.75) is 70.4 Å². The summed E-state index contributed by atoms with van der Waals surface area (Å²) in [6.45, 7) is 6.77. The molecule has 1 N–H and O–H groups in total. The van der Waals surface area contributed by atoms with Gasteiger partial charge in [-0.05, 0) is 42.4 Å². The number of anilines is 1. The third-order valence-electron chi connectivity index (χ3n) is 4.42. The van der Waals surface area contributed by atoms with Crippen molar-refractivity contribution in [3.63, 3.8) is 0 Å². The van der Waals surface area contributed by atoms with Crippen molar-refractivity contribution >= 4 is 5.69 Å². The molecule has 0 aromatic heterocycles. The van der Waals surface area contributed by atoms with Crippen LogP contribution in [0, 0.1) is 0 Å². The number of ether oxygens (including phenoxy) is 1. The molecule has 0 amide bonds. The summed E-state index contributed by atoms with van der Waals surface area (Å²) in [6, 6.07) is 7.13. The first-order valence-corrected chi connectivity index (χ1v) is 7.62. The maximum absolute atomic E-state index is 6.22. The van der Waals surface area contributed by atoms with Crippen LogP contribution < -0.4 is 10.1 Å². The molecule has 3 rings (SSSR count). The molecule has 0 saturated heterocycles. The van der Waals surface area contributed by atoms with E-state index in [1.54, 1.807) is 0 Å². The molecular formula is C17H25NO. The molecule has 1 heterocycles. The second-order valence-electron chi connectivity index (χ2n) is 7.01. The number of rotatable bonds is 0. The molecule has 2 atom stereocenters. The van der Waals surface area contributed by atoms with Gasteiger partial charge in [0.1, 0.15) is 11.9 Å². The van der Waals surface area contributed by atoms with Gasteiger partial charge in [-0.3, -0.25) is 0 Å². The molecule has 1 saturated carbocycles. The maximum atomic E-state index is 6.22. The third-order valence-corrected chi connectivity index (χ3v) is 4.42. The number of fused-ring (bicyclic) bond motifs is 2. The van der Waals surface area contributed by atoms with Crippen molar-refractivity contribution in [2.24, 2.45) is 0 Å². The van der Waals surface area contributed by atoms with E-state index in [1.165, 1.54) is 43.4 Å². The van der Waals surface area contributed by atoms with Gasteiger partial charge >= 0.3 is 0 Å². The summed E-state index contributed by atoms with van der Waals surface area (Å²) in [7, 11) is 0. The Morgan fingerprint density at radius 3 is 2.68 bits per heavy atom. The van der Waals surface area contributed by atoms with Gasteiger partial charge in [-0.1, -0.05) is 39.7 Å². The van der Waals surface area contributed by atoms with Crippen LogP contribution in [-0.4, -0.2) is 12.1 Å². The highest BCUT2D eigenvalue weighted by Gasteiger charge is 2.31. The van der Waals surface area contributed by atoms with Crippen molar-refractivity contribution in [3.05, 3.63) is 23.8 Å². The van der Waals surface area contributed by atoms with Crippen LogP contribution >= 0.6 is 0 Å². The van der Waals surface area contributed by atoms with E-state index in [4.69, 9.17) is 4.74 Å². The quantitative estimate of drug-likeness (QED) is 0.741. The summed E-state index contributed by atoms with van der Waals surface area (Å²) in [5.41, 5.74) is 2.75. The third kappa shape index (κ3) is 2.58. The van der Waals surface area contributed by atoms with E-state index in [2.05, 4.69) is 44.3 Å². The Hall–Kier alpha value is -1.18. The summed E-state index contributed by atoms with van der Waals surface area (Å²) in [5, 5.41) is 3.73. The topological polar surface area (TPSA) is 21.3 Å². The first-order valence-electron chi connectivity index (χ1n) is 7.62. The van der Waals surface area contributed by atoms with Crippen molar-refractivity contribution in [2.75, 3.05) is 5.32 Å². The Bertz CT molecular complexity index is 461. The van der Waals surface area contributed by atoms with Crippen molar-refractivity contribution in [1.82, 2.24) is 0 Å². The summed E-state index contributed by atoms with van der Waals surface area (Å²) in [6.07, 6.45) is 6.78. The SMILES string of the molecule is CC(C)(C)c1ccc2c(c1)NC1CCCCCC1O2. The normalized spacial score (nSPS) is 26.5. The summed E-state index contributed by atoms with van der Waals surface area (Å²) < 4.78 is 6.22. The number of nitrogens with one attached hydrogen (secondary N) is 1. The van der Waals surface area contributed by atoms with Crippen LogP contribution in [0.3, 0.4) is 0 Å². The molecule has 2 aliphatic rings. The highest BCUT2D eigenvalue weighted by atomic mass is 16.5. The molecule has 1 aliphatic heterocycles. The monoisotopic (exact) mass is 259 g/mol. The Morgan fingerprint density at radius 2 is 1.89 bits per heavy atom. The molecule has 0 spiro atoms. The fourth-order valence-electron chi connectivity index (χ4n) is 3.15. The number of hydrogen-bond acceptors (Lipinski definition) is 2. The Morgan fingerprint density at radius 1 is 1.11 bits per heavy atom. The molecule has 2 nitrogen and oxygen atoms in total. The van der Waals surface area contributed by atoms with Crippen molar-refractivity contribution in [1.29, 1.82) is 0 Å². The lowest BCUT2D eigenvalue weighted by Crippen LogP contribution is -2.40. The highest BCUT2D eigenvalue weighted by molar-refractivity contribution is 5.61. The van der Waals surface area contributed by atoms with Crippen LogP contribution in [0.4, 0.5) is 5.69 Å². The summed E-state index contributed by atoms with van der Waals surface area (Å²) >= 11 is 0. The molecule has 1 aromatic carbocycles. The predicted octanol–water partition coefficient (Wildman–Crippen LogP) is 4.49. The van der Waals surface area contributed by atoms with E-state index < -0.39 is 0 Å². The minimum Gasteiger partial charge on any atom is -0.486 e. The van der Waals surface area contributed by atoms with Gasteiger partial charge in [0.15, 0.2) is 0 Å². The van der Waals surface area contributed by atoms with Gasteiger partial charge in [0.2, 0.25) is 0 Å². The van der Waals surface area contributed by atoms with Gasteiger partial charge in [-0.25, -0.2) is 0 Å².